The van der Waals surface area contributed by atoms with Crippen LogP contribution in [0.5, 0.6) is 0 Å². The summed E-state index contributed by atoms with van der Waals surface area (Å²) in [5.41, 5.74) is 1.04. The van der Waals surface area contributed by atoms with Crippen molar-refractivity contribution in [3.05, 3.63) is 16.4 Å². The van der Waals surface area contributed by atoms with Crippen molar-refractivity contribution in [2.24, 2.45) is 5.84 Å². The van der Waals surface area contributed by atoms with E-state index in [2.05, 4.69) is 15.4 Å². The number of hydrazine groups is 1. The Balaban J connectivity index is 2.41. The Labute approximate surface area is 109 Å². The summed E-state index contributed by atoms with van der Waals surface area (Å²) in [5, 5.41) is 21.2. The summed E-state index contributed by atoms with van der Waals surface area (Å²) in [6.07, 6.45) is 2.60. The van der Waals surface area contributed by atoms with E-state index in [9.17, 15) is 15.2 Å². The molecule has 1 aliphatic rings. The second kappa shape index (κ2) is 4.94. The number of hydrogen-bond acceptors (Lipinski definition) is 8. The van der Waals surface area contributed by atoms with Crippen molar-refractivity contribution in [1.82, 2.24) is 9.97 Å². The van der Waals surface area contributed by atoms with E-state index in [1.807, 2.05) is 0 Å². The minimum atomic E-state index is -0.882. The summed E-state index contributed by atoms with van der Waals surface area (Å²) in [5.74, 6) is 5.36. The largest absolute Gasteiger partial charge is 0.388 e. The standard InChI is InChI=1S/C10H16N6O3/c1-10(17)3-2-4-15(5-10)9-7(16(18)19)8(14-11)12-6-13-9/h6,17H,2-5,11H2,1H3,(H,12,13,14). The van der Waals surface area contributed by atoms with E-state index in [1.165, 1.54) is 6.33 Å². The molecule has 0 radical (unpaired) electrons. The van der Waals surface area contributed by atoms with E-state index in [-0.39, 0.29) is 23.9 Å². The van der Waals surface area contributed by atoms with Crippen molar-refractivity contribution >= 4 is 17.3 Å². The lowest BCUT2D eigenvalue weighted by atomic mass is 9.95. The summed E-state index contributed by atoms with van der Waals surface area (Å²) >= 11 is 0. The Morgan fingerprint density at radius 2 is 2.37 bits per heavy atom. The van der Waals surface area contributed by atoms with Gasteiger partial charge in [-0.05, 0) is 19.8 Å². The number of nitrogens with zero attached hydrogens (tertiary/aromatic N) is 4. The average Bonchev–Trinajstić information content (AvgIpc) is 2.36. The Kier molecular flexibility index (Phi) is 3.49. The highest BCUT2D eigenvalue weighted by atomic mass is 16.6. The van der Waals surface area contributed by atoms with Gasteiger partial charge in [-0.15, -0.1) is 0 Å². The summed E-state index contributed by atoms with van der Waals surface area (Å²) in [7, 11) is 0. The molecule has 0 aromatic carbocycles. The fourth-order valence-corrected chi connectivity index (χ4v) is 2.28. The van der Waals surface area contributed by atoms with Crippen molar-refractivity contribution in [1.29, 1.82) is 0 Å². The quantitative estimate of drug-likeness (QED) is 0.397. The molecular formula is C10H16N6O3. The third-order valence-electron chi connectivity index (χ3n) is 3.10. The van der Waals surface area contributed by atoms with Crippen LogP contribution in [0.3, 0.4) is 0 Å². The predicted octanol–water partition coefficient (Wildman–Crippen LogP) is 0.0216. The number of nitrogen functional groups attached to an aromatic ring is 1. The SMILES string of the molecule is CC1(O)CCCN(c2ncnc(NN)c2[N+](=O)[O-])C1. The number of rotatable bonds is 3. The van der Waals surface area contributed by atoms with E-state index in [0.29, 0.717) is 13.0 Å². The first-order valence-electron chi connectivity index (χ1n) is 5.88. The molecule has 0 saturated carbocycles. The molecule has 104 valence electrons. The first-order chi connectivity index (χ1) is 8.94. The van der Waals surface area contributed by atoms with Crippen LogP contribution in [0.1, 0.15) is 19.8 Å². The van der Waals surface area contributed by atoms with Crippen molar-refractivity contribution in [3.63, 3.8) is 0 Å². The zero-order chi connectivity index (χ0) is 14.0. The zero-order valence-electron chi connectivity index (χ0n) is 10.5. The minimum absolute atomic E-state index is 0.0415. The highest BCUT2D eigenvalue weighted by Gasteiger charge is 2.34. The number of aliphatic hydroxyl groups is 1. The van der Waals surface area contributed by atoms with E-state index in [4.69, 9.17) is 5.84 Å². The zero-order valence-corrected chi connectivity index (χ0v) is 10.5. The van der Waals surface area contributed by atoms with Crippen molar-refractivity contribution in [2.75, 3.05) is 23.4 Å². The summed E-state index contributed by atoms with van der Waals surface area (Å²) in [4.78, 5) is 20.0. The minimum Gasteiger partial charge on any atom is -0.388 e. The first-order valence-corrected chi connectivity index (χ1v) is 5.88. The van der Waals surface area contributed by atoms with Crippen LogP contribution in [0, 0.1) is 10.1 Å². The normalized spacial score (nSPS) is 23.2. The second-order valence-corrected chi connectivity index (χ2v) is 4.82. The molecule has 0 aliphatic carbocycles. The second-order valence-electron chi connectivity index (χ2n) is 4.82. The van der Waals surface area contributed by atoms with Crippen LogP contribution in [-0.4, -0.2) is 38.7 Å². The molecule has 1 aliphatic heterocycles. The molecule has 4 N–H and O–H groups in total. The lowest BCUT2D eigenvalue weighted by Crippen LogP contribution is -2.46. The third kappa shape index (κ3) is 2.71. The van der Waals surface area contributed by atoms with Crippen LogP contribution in [-0.2, 0) is 0 Å². The van der Waals surface area contributed by atoms with Gasteiger partial charge >= 0.3 is 5.69 Å². The molecular weight excluding hydrogens is 252 g/mol. The average molecular weight is 268 g/mol. The smallest absolute Gasteiger partial charge is 0.354 e. The lowest BCUT2D eigenvalue weighted by Gasteiger charge is -2.37. The molecule has 2 heterocycles. The molecule has 9 heteroatoms. The van der Waals surface area contributed by atoms with Crippen LogP contribution in [0.25, 0.3) is 0 Å². The highest BCUT2D eigenvalue weighted by Crippen LogP contribution is 2.34. The van der Waals surface area contributed by atoms with E-state index in [1.54, 1.807) is 11.8 Å². The monoisotopic (exact) mass is 268 g/mol. The number of aromatic nitrogens is 2. The number of anilines is 2. The van der Waals surface area contributed by atoms with E-state index < -0.39 is 10.5 Å². The molecule has 1 unspecified atom stereocenters. The Morgan fingerprint density at radius 1 is 1.63 bits per heavy atom. The van der Waals surface area contributed by atoms with Gasteiger partial charge in [0, 0.05) is 13.1 Å². The Bertz CT molecular complexity index is 492. The molecule has 2 rings (SSSR count). The van der Waals surface area contributed by atoms with Crippen LogP contribution < -0.4 is 16.2 Å². The molecule has 9 nitrogen and oxygen atoms in total. The van der Waals surface area contributed by atoms with Crippen LogP contribution in [0.2, 0.25) is 0 Å². The topological polar surface area (TPSA) is 130 Å². The molecule has 1 aromatic rings. The van der Waals surface area contributed by atoms with Gasteiger partial charge in [-0.2, -0.15) is 0 Å². The van der Waals surface area contributed by atoms with Crippen LogP contribution in [0.15, 0.2) is 6.33 Å². The number of piperidine rings is 1. The van der Waals surface area contributed by atoms with Crippen molar-refractivity contribution < 1.29 is 10.0 Å². The molecule has 0 bridgehead atoms. The maximum Gasteiger partial charge on any atom is 0.354 e. The maximum atomic E-state index is 11.1. The predicted molar refractivity (Wildman–Crippen MR) is 68.6 cm³/mol. The van der Waals surface area contributed by atoms with Gasteiger partial charge in [-0.3, -0.25) is 10.1 Å². The third-order valence-corrected chi connectivity index (χ3v) is 3.10. The van der Waals surface area contributed by atoms with Gasteiger partial charge in [0.15, 0.2) is 0 Å². The Hall–Kier alpha value is -2.00. The molecule has 19 heavy (non-hydrogen) atoms. The summed E-state index contributed by atoms with van der Waals surface area (Å²) < 4.78 is 0. The lowest BCUT2D eigenvalue weighted by molar-refractivity contribution is -0.383. The fourth-order valence-electron chi connectivity index (χ4n) is 2.28. The molecule has 1 saturated heterocycles. The van der Waals surface area contributed by atoms with E-state index >= 15 is 0 Å². The van der Waals surface area contributed by atoms with Crippen molar-refractivity contribution in [3.8, 4) is 0 Å². The number of nitrogens with two attached hydrogens (primary N) is 1. The van der Waals surface area contributed by atoms with Gasteiger partial charge in [0.05, 0.1) is 10.5 Å². The van der Waals surface area contributed by atoms with Crippen LogP contribution >= 0.6 is 0 Å². The molecule has 1 fully saturated rings. The van der Waals surface area contributed by atoms with Crippen LogP contribution in [0.4, 0.5) is 17.3 Å². The van der Waals surface area contributed by atoms with Gasteiger partial charge in [-0.25, -0.2) is 15.8 Å². The molecule has 1 atom stereocenters. The summed E-state index contributed by atoms with van der Waals surface area (Å²) in [6.45, 7) is 2.58. The van der Waals surface area contributed by atoms with Gasteiger partial charge < -0.3 is 15.4 Å². The maximum absolute atomic E-state index is 11.1. The highest BCUT2D eigenvalue weighted by molar-refractivity contribution is 5.70. The number of hydrogen-bond donors (Lipinski definition) is 3. The molecule has 0 spiro atoms. The first kappa shape index (κ1) is 13.4. The number of nitrogens with one attached hydrogen (secondary N) is 1. The van der Waals surface area contributed by atoms with Gasteiger partial charge in [0.1, 0.15) is 6.33 Å². The molecule has 1 aromatic heterocycles. The Morgan fingerprint density at radius 3 is 2.95 bits per heavy atom. The van der Waals surface area contributed by atoms with Crippen molar-refractivity contribution in [2.45, 2.75) is 25.4 Å². The van der Waals surface area contributed by atoms with E-state index in [0.717, 1.165) is 6.42 Å². The number of nitro groups is 1. The number of β-amino-alcohol motifs (C(OH)–C–C–N with tert-alkyl or cyclic N) is 1. The van der Waals surface area contributed by atoms with Gasteiger partial charge in [0.2, 0.25) is 11.6 Å². The fraction of sp³-hybridized carbons (Fsp3) is 0.600. The van der Waals surface area contributed by atoms with Gasteiger partial charge in [0.25, 0.3) is 0 Å². The van der Waals surface area contributed by atoms with Gasteiger partial charge in [-0.1, -0.05) is 0 Å². The molecule has 0 amide bonds. The summed E-state index contributed by atoms with van der Waals surface area (Å²) in [6, 6.07) is 0.